The van der Waals surface area contributed by atoms with Crippen molar-refractivity contribution < 1.29 is 9.59 Å². The first-order chi connectivity index (χ1) is 10.0. The average Bonchev–Trinajstić information content (AvgIpc) is 2.51. The van der Waals surface area contributed by atoms with E-state index in [4.69, 9.17) is 23.2 Å². The summed E-state index contributed by atoms with van der Waals surface area (Å²) in [6.45, 7) is 1.90. The zero-order valence-electron chi connectivity index (χ0n) is 11.1. The monoisotopic (exact) mass is 316 g/mol. The molecule has 0 spiro atoms. The number of allylic oxidation sites excluding steroid dienone is 2. The number of fused-ring (bicyclic) bond motifs is 1. The van der Waals surface area contributed by atoms with E-state index in [1.165, 1.54) is 0 Å². The molecule has 1 aliphatic carbocycles. The van der Waals surface area contributed by atoms with Crippen molar-refractivity contribution in [2.45, 2.75) is 6.92 Å². The van der Waals surface area contributed by atoms with Crippen molar-refractivity contribution in [3.05, 3.63) is 69.2 Å². The number of carbonyl (C=O) groups is 2. The van der Waals surface area contributed by atoms with Gasteiger partial charge in [0.05, 0.1) is 0 Å². The van der Waals surface area contributed by atoms with Crippen LogP contribution in [0.1, 0.15) is 26.3 Å². The van der Waals surface area contributed by atoms with Gasteiger partial charge < -0.3 is 0 Å². The van der Waals surface area contributed by atoms with Crippen LogP contribution < -0.4 is 0 Å². The molecule has 4 heteroatoms. The standard InChI is InChI=1S/C17H10Cl2O2/c1-9-7-8-11-13(12(9)10-5-3-2-4-6-10)17(21)15(19)14(18)16(11)20/h2-8H,1H3. The molecule has 2 nitrogen and oxygen atoms in total. The van der Waals surface area contributed by atoms with Crippen LogP contribution in [0.3, 0.4) is 0 Å². The second-order valence-corrected chi connectivity index (χ2v) is 5.59. The van der Waals surface area contributed by atoms with Crippen LogP contribution in [0.2, 0.25) is 0 Å². The van der Waals surface area contributed by atoms with Crippen molar-refractivity contribution in [1.82, 2.24) is 0 Å². The van der Waals surface area contributed by atoms with Crippen molar-refractivity contribution in [3.63, 3.8) is 0 Å². The highest BCUT2D eigenvalue weighted by Gasteiger charge is 2.33. The number of aryl methyl sites for hydroxylation is 1. The van der Waals surface area contributed by atoms with Gasteiger partial charge in [-0.05, 0) is 29.7 Å². The Morgan fingerprint density at radius 2 is 1.38 bits per heavy atom. The van der Waals surface area contributed by atoms with E-state index in [2.05, 4.69) is 0 Å². The van der Waals surface area contributed by atoms with Gasteiger partial charge in [-0.2, -0.15) is 0 Å². The van der Waals surface area contributed by atoms with Gasteiger partial charge in [0.1, 0.15) is 10.1 Å². The molecule has 2 aromatic carbocycles. The second-order valence-electron chi connectivity index (χ2n) is 4.83. The predicted octanol–water partition coefficient (Wildman–Crippen LogP) is 4.73. The Hall–Kier alpha value is -1.90. The third-order valence-electron chi connectivity index (χ3n) is 3.54. The molecule has 0 saturated heterocycles. The number of hydrogen-bond acceptors (Lipinski definition) is 2. The molecule has 0 N–H and O–H groups in total. The Labute approximate surface area is 132 Å². The Balaban J connectivity index is 2.37. The lowest BCUT2D eigenvalue weighted by molar-refractivity contribution is 0.0987. The Morgan fingerprint density at radius 1 is 0.762 bits per heavy atom. The minimum atomic E-state index is -0.409. The summed E-state index contributed by atoms with van der Waals surface area (Å²) in [4.78, 5) is 24.7. The molecular weight excluding hydrogens is 307 g/mol. The largest absolute Gasteiger partial charge is 0.288 e. The number of hydrogen-bond donors (Lipinski definition) is 0. The maximum absolute atomic E-state index is 12.5. The smallest absolute Gasteiger partial charge is 0.207 e. The van der Waals surface area contributed by atoms with Crippen molar-refractivity contribution in [2.75, 3.05) is 0 Å². The lowest BCUT2D eigenvalue weighted by Gasteiger charge is -2.19. The lowest BCUT2D eigenvalue weighted by atomic mass is 9.85. The average molecular weight is 317 g/mol. The molecule has 2 aromatic rings. The van der Waals surface area contributed by atoms with Crippen LogP contribution in [-0.4, -0.2) is 11.6 Å². The minimum absolute atomic E-state index is 0.211. The summed E-state index contributed by atoms with van der Waals surface area (Å²) in [5, 5.41) is -0.422. The normalized spacial score (nSPS) is 14.4. The highest BCUT2D eigenvalue weighted by Crippen LogP contribution is 2.38. The van der Waals surface area contributed by atoms with Gasteiger partial charge in [-0.25, -0.2) is 0 Å². The fraction of sp³-hybridized carbons (Fsp3) is 0.0588. The highest BCUT2D eigenvalue weighted by atomic mass is 35.5. The molecule has 21 heavy (non-hydrogen) atoms. The number of rotatable bonds is 1. The number of Topliss-reactive ketones (excluding diaryl/α,β-unsaturated/α-hetero) is 2. The highest BCUT2D eigenvalue weighted by molar-refractivity contribution is 6.59. The van der Waals surface area contributed by atoms with Gasteiger partial charge >= 0.3 is 0 Å². The number of ketones is 2. The zero-order chi connectivity index (χ0) is 15.1. The van der Waals surface area contributed by atoms with Gasteiger partial charge in [0.2, 0.25) is 11.6 Å². The molecule has 0 radical (unpaired) electrons. The molecule has 104 valence electrons. The van der Waals surface area contributed by atoms with E-state index in [0.29, 0.717) is 11.1 Å². The molecule has 0 heterocycles. The first-order valence-electron chi connectivity index (χ1n) is 6.36. The predicted molar refractivity (Wildman–Crippen MR) is 84.0 cm³/mol. The molecule has 0 fully saturated rings. The number of halogens is 2. The topological polar surface area (TPSA) is 34.1 Å². The molecule has 0 saturated carbocycles. The van der Waals surface area contributed by atoms with Crippen LogP contribution in [0.25, 0.3) is 11.1 Å². The number of benzene rings is 2. The van der Waals surface area contributed by atoms with E-state index in [1.807, 2.05) is 43.3 Å². The fourth-order valence-electron chi connectivity index (χ4n) is 2.54. The summed E-state index contributed by atoms with van der Waals surface area (Å²) in [5.74, 6) is -0.813. The van der Waals surface area contributed by atoms with Crippen molar-refractivity contribution in [1.29, 1.82) is 0 Å². The third kappa shape index (κ3) is 2.11. The SMILES string of the molecule is Cc1ccc2c(c1-c1ccccc1)C(=O)C(Cl)=C(Cl)C2=O. The minimum Gasteiger partial charge on any atom is -0.288 e. The van der Waals surface area contributed by atoms with Gasteiger partial charge in [-0.1, -0.05) is 59.6 Å². The Morgan fingerprint density at radius 3 is 2.05 bits per heavy atom. The van der Waals surface area contributed by atoms with Crippen LogP contribution in [0.4, 0.5) is 0 Å². The van der Waals surface area contributed by atoms with E-state index in [1.54, 1.807) is 6.07 Å². The zero-order valence-corrected chi connectivity index (χ0v) is 12.6. The van der Waals surface area contributed by atoms with E-state index in [0.717, 1.165) is 16.7 Å². The summed E-state index contributed by atoms with van der Waals surface area (Å²) < 4.78 is 0. The molecule has 0 aromatic heterocycles. The molecule has 0 unspecified atom stereocenters. The third-order valence-corrected chi connectivity index (χ3v) is 4.36. The van der Waals surface area contributed by atoms with Gasteiger partial charge in [0, 0.05) is 11.1 Å². The van der Waals surface area contributed by atoms with Gasteiger partial charge in [-0.3, -0.25) is 9.59 Å². The lowest BCUT2D eigenvalue weighted by Crippen LogP contribution is -2.19. The van der Waals surface area contributed by atoms with Crippen LogP contribution in [0.5, 0.6) is 0 Å². The molecule has 3 rings (SSSR count). The van der Waals surface area contributed by atoms with E-state index < -0.39 is 11.6 Å². The Bertz CT molecular complexity index is 805. The van der Waals surface area contributed by atoms with Gasteiger partial charge in [0.15, 0.2) is 0 Å². The van der Waals surface area contributed by atoms with Gasteiger partial charge in [0.25, 0.3) is 0 Å². The first-order valence-corrected chi connectivity index (χ1v) is 7.11. The van der Waals surface area contributed by atoms with Crippen molar-refractivity contribution >= 4 is 34.8 Å². The van der Waals surface area contributed by atoms with E-state index >= 15 is 0 Å². The summed E-state index contributed by atoms with van der Waals surface area (Å²) in [6, 6.07) is 12.9. The summed E-state index contributed by atoms with van der Waals surface area (Å²) in [6.07, 6.45) is 0. The molecule has 0 atom stereocenters. The van der Waals surface area contributed by atoms with Crippen molar-refractivity contribution in [2.24, 2.45) is 0 Å². The maximum atomic E-state index is 12.5. The van der Waals surface area contributed by atoms with Gasteiger partial charge in [-0.15, -0.1) is 0 Å². The fourth-order valence-corrected chi connectivity index (χ4v) is 2.90. The van der Waals surface area contributed by atoms with E-state index in [-0.39, 0.29) is 10.1 Å². The second kappa shape index (κ2) is 5.14. The van der Waals surface area contributed by atoms with Crippen LogP contribution in [0, 0.1) is 6.92 Å². The molecule has 0 aliphatic heterocycles. The maximum Gasteiger partial charge on any atom is 0.207 e. The van der Waals surface area contributed by atoms with Crippen LogP contribution in [-0.2, 0) is 0 Å². The summed E-state index contributed by atoms with van der Waals surface area (Å²) >= 11 is 11.8. The quantitative estimate of drug-likeness (QED) is 0.762. The summed E-state index contributed by atoms with van der Waals surface area (Å²) in [5.41, 5.74) is 3.15. The molecule has 0 amide bonds. The van der Waals surface area contributed by atoms with Crippen molar-refractivity contribution in [3.8, 4) is 11.1 Å². The van der Waals surface area contributed by atoms with E-state index in [9.17, 15) is 9.59 Å². The Kier molecular flexibility index (Phi) is 3.44. The number of carbonyl (C=O) groups excluding carboxylic acids is 2. The first kappa shape index (κ1) is 14.1. The molecular formula is C17H10Cl2O2. The van der Waals surface area contributed by atoms with Crippen LogP contribution in [0.15, 0.2) is 52.5 Å². The molecule has 1 aliphatic rings. The summed E-state index contributed by atoms with van der Waals surface area (Å²) in [7, 11) is 0. The molecule has 0 bridgehead atoms. The van der Waals surface area contributed by atoms with Crippen LogP contribution >= 0.6 is 23.2 Å².